The highest BCUT2D eigenvalue weighted by Crippen LogP contribution is 2.29. The zero-order chi connectivity index (χ0) is 13.8. The van der Waals surface area contributed by atoms with Crippen molar-refractivity contribution in [1.82, 2.24) is 9.55 Å². The minimum Gasteiger partial charge on any atom is -0.490 e. The van der Waals surface area contributed by atoms with Crippen molar-refractivity contribution in [3.8, 4) is 5.75 Å². The van der Waals surface area contributed by atoms with E-state index in [4.69, 9.17) is 4.74 Å². The van der Waals surface area contributed by atoms with Crippen molar-refractivity contribution in [2.45, 2.75) is 13.5 Å². The van der Waals surface area contributed by atoms with Gasteiger partial charge in [0.25, 0.3) is 5.69 Å². The largest absolute Gasteiger partial charge is 0.490 e. The molecule has 100 valence electrons. The molecule has 0 aliphatic rings. The molecular weight excluding hydrogens is 314 g/mol. The molecule has 0 aliphatic carbocycles. The number of aromatic nitrogens is 2. The maximum atomic E-state index is 10.7. The van der Waals surface area contributed by atoms with Gasteiger partial charge in [0.1, 0.15) is 18.2 Å². The normalized spacial score (nSPS) is 10.4. The Morgan fingerprint density at radius 2 is 2.32 bits per heavy atom. The maximum absolute atomic E-state index is 10.7. The number of non-ortho nitro benzene ring substituents is 1. The van der Waals surface area contributed by atoms with Crippen molar-refractivity contribution in [2.75, 3.05) is 6.61 Å². The SMILES string of the molecule is Cc1nccn1CCOc1cc([N+](=O)[O-])ccc1Br. The fourth-order valence-corrected chi connectivity index (χ4v) is 1.97. The molecule has 0 fully saturated rings. The smallest absolute Gasteiger partial charge is 0.273 e. The number of rotatable bonds is 5. The Hall–Kier alpha value is -1.89. The van der Waals surface area contributed by atoms with Crippen LogP contribution in [0.15, 0.2) is 35.1 Å². The first-order valence-corrected chi connectivity index (χ1v) is 6.41. The van der Waals surface area contributed by atoms with Crippen LogP contribution in [0.3, 0.4) is 0 Å². The Labute approximate surface area is 118 Å². The molecule has 0 spiro atoms. The molecule has 6 nitrogen and oxygen atoms in total. The third kappa shape index (κ3) is 3.31. The van der Waals surface area contributed by atoms with Gasteiger partial charge >= 0.3 is 0 Å². The van der Waals surface area contributed by atoms with E-state index in [-0.39, 0.29) is 5.69 Å². The highest BCUT2D eigenvalue weighted by molar-refractivity contribution is 9.10. The van der Waals surface area contributed by atoms with Gasteiger partial charge in [-0.05, 0) is 28.9 Å². The second kappa shape index (κ2) is 5.83. The van der Waals surface area contributed by atoms with Crippen molar-refractivity contribution in [3.05, 3.63) is 51.0 Å². The molecule has 1 aromatic heterocycles. The van der Waals surface area contributed by atoms with Crippen LogP contribution in [0.2, 0.25) is 0 Å². The molecule has 0 radical (unpaired) electrons. The minimum absolute atomic E-state index is 0.0111. The van der Waals surface area contributed by atoms with Gasteiger partial charge in [0.05, 0.1) is 22.0 Å². The third-order valence-corrected chi connectivity index (χ3v) is 3.29. The van der Waals surface area contributed by atoms with Crippen LogP contribution in [0.5, 0.6) is 5.75 Å². The summed E-state index contributed by atoms with van der Waals surface area (Å²) >= 11 is 3.31. The Morgan fingerprint density at radius 1 is 1.53 bits per heavy atom. The Balaban J connectivity index is 2.01. The van der Waals surface area contributed by atoms with Gasteiger partial charge in [-0.1, -0.05) is 0 Å². The summed E-state index contributed by atoms with van der Waals surface area (Å²) in [5.74, 6) is 1.37. The molecule has 0 saturated carbocycles. The zero-order valence-corrected chi connectivity index (χ0v) is 11.8. The molecule has 0 bridgehead atoms. The monoisotopic (exact) mass is 325 g/mol. The maximum Gasteiger partial charge on any atom is 0.273 e. The van der Waals surface area contributed by atoms with Crippen LogP contribution < -0.4 is 4.74 Å². The number of ether oxygens (including phenoxy) is 1. The second-order valence-electron chi connectivity index (χ2n) is 3.89. The van der Waals surface area contributed by atoms with Crippen molar-refractivity contribution >= 4 is 21.6 Å². The van der Waals surface area contributed by atoms with Crippen molar-refractivity contribution in [3.63, 3.8) is 0 Å². The predicted molar refractivity (Wildman–Crippen MR) is 73.3 cm³/mol. The number of nitro groups is 1. The summed E-state index contributed by atoms with van der Waals surface area (Å²) in [6.45, 7) is 2.96. The number of nitrogens with zero attached hydrogens (tertiary/aromatic N) is 3. The Morgan fingerprint density at radius 3 is 2.95 bits per heavy atom. The molecule has 0 aliphatic heterocycles. The van der Waals surface area contributed by atoms with Crippen molar-refractivity contribution < 1.29 is 9.66 Å². The number of halogens is 1. The van der Waals surface area contributed by atoms with E-state index >= 15 is 0 Å². The van der Waals surface area contributed by atoms with Gasteiger partial charge in [-0.15, -0.1) is 0 Å². The van der Waals surface area contributed by atoms with Gasteiger partial charge in [-0.2, -0.15) is 0 Å². The molecule has 2 rings (SSSR count). The number of nitro benzene ring substituents is 1. The lowest BCUT2D eigenvalue weighted by atomic mass is 10.3. The van der Waals surface area contributed by atoms with Gasteiger partial charge in [0, 0.05) is 18.5 Å². The van der Waals surface area contributed by atoms with Gasteiger partial charge in [0.15, 0.2) is 0 Å². The van der Waals surface area contributed by atoms with Crippen LogP contribution in [0.25, 0.3) is 0 Å². The minimum atomic E-state index is -0.445. The highest BCUT2D eigenvalue weighted by Gasteiger charge is 2.10. The van der Waals surface area contributed by atoms with E-state index in [2.05, 4.69) is 20.9 Å². The van der Waals surface area contributed by atoms with E-state index in [1.54, 1.807) is 12.3 Å². The molecule has 0 atom stereocenters. The first-order valence-electron chi connectivity index (χ1n) is 5.62. The summed E-state index contributed by atoms with van der Waals surface area (Å²) in [4.78, 5) is 14.4. The highest BCUT2D eigenvalue weighted by atomic mass is 79.9. The van der Waals surface area contributed by atoms with E-state index < -0.39 is 4.92 Å². The van der Waals surface area contributed by atoms with E-state index in [9.17, 15) is 10.1 Å². The topological polar surface area (TPSA) is 70.2 Å². The molecule has 7 heteroatoms. The van der Waals surface area contributed by atoms with E-state index in [1.807, 2.05) is 17.7 Å². The van der Waals surface area contributed by atoms with E-state index in [0.717, 1.165) is 5.82 Å². The number of benzene rings is 1. The van der Waals surface area contributed by atoms with Crippen molar-refractivity contribution in [2.24, 2.45) is 0 Å². The second-order valence-corrected chi connectivity index (χ2v) is 4.74. The number of aryl methyl sites for hydroxylation is 1. The summed E-state index contributed by atoms with van der Waals surface area (Å²) in [5, 5.41) is 10.7. The van der Waals surface area contributed by atoms with Gasteiger partial charge in [-0.25, -0.2) is 4.98 Å². The predicted octanol–water partition coefficient (Wildman–Crippen LogP) is 2.94. The molecule has 0 saturated heterocycles. The van der Waals surface area contributed by atoms with Gasteiger partial charge in [-0.3, -0.25) is 10.1 Å². The van der Waals surface area contributed by atoms with E-state index in [1.165, 1.54) is 12.1 Å². The number of hydrogen-bond donors (Lipinski definition) is 0. The summed E-state index contributed by atoms with van der Waals surface area (Å²) in [7, 11) is 0. The molecule has 19 heavy (non-hydrogen) atoms. The molecule has 1 aromatic carbocycles. The van der Waals surface area contributed by atoms with Crippen LogP contribution in [0.1, 0.15) is 5.82 Å². The van der Waals surface area contributed by atoms with Crippen LogP contribution in [-0.4, -0.2) is 21.1 Å². The quantitative estimate of drug-likeness (QED) is 0.626. The standard InChI is InChI=1S/C12H12BrN3O3/c1-9-14-4-5-15(9)6-7-19-12-8-10(16(17)18)2-3-11(12)13/h2-5,8H,6-7H2,1H3. The number of imidazole rings is 1. The fraction of sp³-hybridized carbons (Fsp3) is 0.250. The van der Waals surface area contributed by atoms with Crippen molar-refractivity contribution in [1.29, 1.82) is 0 Å². The average Bonchev–Trinajstić information content (AvgIpc) is 2.77. The lowest BCUT2D eigenvalue weighted by molar-refractivity contribution is -0.385. The first-order chi connectivity index (χ1) is 9.08. The number of hydrogen-bond acceptors (Lipinski definition) is 4. The molecule has 0 amide bonds. The molecular formula is C12H12BrN3O3. The Bertz CT molecular complexity index is 598. The molecule has 2 aromatic rings. The summed E-state index contributed by atoms with van der Waals surface area (Å²) in [6, 6.07) is 4.44. The molecule has 0 unspecified atom stereocenters. The molecule has 1 heterocycles. The molecule has 0 N–H and O–H groups in total. The van der Waals surface area contributed by atoms with E-state index in [0.29, 0.717) is 23.4 Å². The lowest BCUT2D eigenvalue weighted by Gasteiger charge is -2.09. The average molecular weight is 326 g/mol. The Kier molecular flexibility index (Phi) is 4.16. The van der Waals surface area contributed by atoms with Gasteiger partial charge < -0.3 is 9.30 Å². The summed E-state index contributed by atoms with van der Waals surface area (Å²) in [6.07, 6.45) is 3.58. The van der Waals surface area contributed by atoms with Gasteiger partial charge in [0.2, 0.25) is 0 Å². The van der Waals surface area contributed by atoms with Crippen LogP contribution in [-0.2, 0) is 6.54 Å². The van der Waals surface area contributed by atoms with Crippen LogP contribution >= 0.6 is 15.9 Å². The fourth-order valence-electron chi connectivity index (χ4n) is 1.61. The third-order valence-electron chi connectivity index (χ3n) is 2.64. The zero-order valence-electron chi connectivity index (χ0n) is 10.2. The van der Waals surface area contributed by atoms with Crippen LogP contribution in [0, 0.1) is 17.0 Å². The lowest BCUT2D eigenvalue weighted by Crippen LogP contribution is -2.09. The summed E-state index contributed by atoms with van der Waals surface area (Å²) in [5.41, 5.74) is 0.0111. The summed E-state index contributed by atoms with van der Waals surface area (Å²) < 4.78 is 8.20. The van der Waals surface area contributed by atoms with Crippen LogP contribution in [0.4, 0.5) is 5.69 Å². The first kappa shape index (κ1) is 13.5.